The number of primary amides is 1. The number of nitrogens with one attached hydrogen (secondary N) is 1. The number of aromatic nitrogens is 1. The van der Waals surface area contributed by atoms with Crippen molar-refractivity contribution in [3.8, 4) is 12.3 Å². The number of anilines is 1. The van der Waals surface area contributed by atoms with Crippen LogP contribution in [0, 0.1) is 12.3 Å². The third kappa shape index (κ3) is 3.66. The molecule has 1 aromatic heterocycles. The van der Waals surface area contributed by atoms with Crippen LogP contribution >= 0.6 is 0 Å². The van der Waals surface area contributed by atoms with Gasteiger partial charge in [0.25, 0.3) is 5.91 Å². The number of rotatable bonds is 4. The van der Waals surface area contributed by atoms with E-state index in [4.69, 9.17) is 12.2 Å². The van der Waals surface area contributed by atoms with Crippen LogP contribution < -0.4 is 11.1 Å². The van der Waals surface area contributed by atoms with Gasteiger partial charge in [0.1, 0.15) is 11.9 Å². The Bertz CT molecular complexity index is 588. The predicted octanol–water partition coefficient (Wildman–Crippen LogP) is 2.45. The quantitative estimate of drug-likeness (QED) is 0.839. The molecule has 0 spiro atoms. The number of carbonyl (C=O) groups excluding carboxylic acids is 1. The standard InChI is InChI=1S/C14H16F3N3O/c1-5-13(3,4)9-6-7-19-12(10(9)11(18)21)20-8(2)14(15,16)17/h1,6-8H,2-4H3,(H2,18,21)(H,19,20). The van der Waals surface area contributed by atoms with E-state index in [1.165, 1.54) is 12.3 Å². The maximum absolute atomic E-state index is 12.6. The summed E-state index contributed by atoms with van der Waals surface area (Å²) in [6.07, 6.45) is 2.21. The van der Waals surface area contributed by atoms with Gasteiger partial charge < -0.3 is 11.1 Å². The number of amides is 1. The van der Waals surface area contributed by atoms with Crippen LogP contribution in [0.5, 0.6) is 0 Å². The lowest BCUT2D eigenvalue weighted by Crippen LogP contribution is -2.35. The minimum absolute atomic E-state index is 0.128. The molecule has 0 aliphatic carbocycles. The number of nitrogens with two attached hydrogens (primary N) is 1. The number of terminal acetylenes is 1. The van der Waals surface area contributed by atoms with E-state index < -0.39 is 23.5 Å². The molecule has 7 heteroatoms. The molecule has 21 heavy (non-hydrogen) atoms. The average Bonchev–Trinajstić information content (AvgIpc) is 2.37. The highest BCUT2D eigenvalue weighted by Crippen LogP contribution is 2.30. The molecule has 1 atom stereocenters. The minimum atomic E-state index is -4.48. The lowest BCUT2D eigenvalue weighted by atomic mass is 9.83. The van der Waals surface area contributed by atoms with Crippen LogP contribution in [-0.4, -0.2) is 23.1 Å². The first-order valence-corrected chi connectivity index (χ1v) is 6.11. The summed E-state index contributed by atoms with van der Waals surface area (Å²) in [5.74, 6) is 1.36. The zero-order valence-corrected chi connectivity index (χ0v) is 11.9. The van der Waals surface area contributed by atoms with Crippen molar-refractivity contribution in [1.82, 2.24) is 4.98 Å². The summed E-state index contributed by atoms with van der Waals surface area (Å²) in [7, 11) is 0. The smallest absolute Gasteiger partial charge is 0.365 e. The second-order valence-corrected chi connectivity index (χ2v) is 5.12. The lowest BCUT2D eigenvalue weighted by molar-refractivity contribution is -0.138. The largest absolute Gasteiger partial charge is 0.408 e. The van der Waals surface area contributed by atoms with Gasteiger partial charge in [0.2, 0.25) is 0 Å². The molecule has 0 bridgehead atoms. The zero-order valence-electron chi connectivity index (χ0n) is 11.9. The number of alkyl halides is 3. The highest BCUT2D eigenvalue weighted by atomic mass is 19.4. The summed E-state index contributed by atoms with van der Waals surface area (Å²) < 4.78 is 37.9. The molecule has 1 rings (SSSR count). The van der Waals surface area contributed by atoms with Crippen molar-refractivity contribution in [2.75, 3.05) is 5.32 Å². The molecule has 0 aromatic carbocycles. The van der Waals surface area contributed by atoms with Crippen LogP contribution in [-0.2, 0) is 5.41 Å². The van der Waals surface area contributed by atoms with Crippen molar-refractivity contribution in [3.05, 3.63) is 23.4 Å². The average molecular weight is 299 g/mol. The van der Waals surface area contributed by atoms with Gasteiger partial charge in [-0.05, 0) is 32.4 Å². The maximum atomic E-state index is 12.6. The molecule has 0 saturated carbocycles. The molecule has 0 aliphatic rings. The monoisotopic (exact) mass is 299 g/mol. The second kappa shape index (κ2) is 5.64. The number of nitrogens with zero attached hydrogens (tertiary/aromatic N) is 1. The first-order valence-electron chi connectivity index (χ1n) is 6.11. The fourth-order valence-corrected chi connectivity index (χ4v) is 1.71. The van der Waals surface area contributed by atoms with E-state index in [1.807, 2.05) is 0 Å². The Morgan fingerprint density at radius 1 is 1.48 bits per heavy atom. The van der Waals surface area contributed by atoms with Crippen molar-refractivity contribution in [1.29, 1.82) is 0 Å². The van der Waals surface area contributed by atoms with Crippen LogP contribution in [0.1, 0.15) is 36.7 Å². The van der Waals surface area contributed by atoms with Gasteiger partial charge in [0.05, 0.1) is 11.0 Å². The number of pyridine rings is 1. The first kappa shape index (κ1) is 16.8. The summed E-state index contributed by atoms with van der Waals surface area (Å²) in [6, 6.07) is -0.407. The number of hydrogen-bond donors (Lipinski definition) is 2. The van der Waals surface area contributed by atoms with Crippen LogP contribution in [0.15, 0.2) is 12.3 Å². The van der Waals surface area contributed by atoms with Crippen molar-refractivity contribution in [2.45, 2.75) is 38.4 Å². The third-order valence-corrected chi connectivity index (χ3v) is 3.08. The Kier molecular flexibility index (Phi) is 4.52. The van der Waals surface area contributed by atoms with E-state index in [0.29, 0.717) is 5.56 Å². The topological polar surface area (TPSA) is 68.0 Å². The molecule has 0 aliphatic heterocycles. The summed E-state index contributed by atoms with van der Waals surface area (Å²) >= 11 is 0. The van der Waals surface area contributed by atoms with Crippen molar-refractivity contribution in [2.24, 2.45) is 5.73 Å². The summed E-state index contributed by atoms with van der Waals surface area (Å²) in [5.41, 5.74) is 4.64. The van der Waals surface area contributed by atoms with Gasteiger partial charge in [0.15, 0.2) is 0 Å². The van der Waals surface area contributed by atoms with E-state index in [-0.39, 0.29) is 11.4 Å². The Morgan fingerprint density at radius 3 is 2.48 bits per heavy atom. The van der Waals surface area contributed by atoms with E-state index >= 15 is 0 Å². The molecule has 4 nitrogen and oxygen atoms in total. The molecular weight excluding hydrogens is 283 g/mol. The van der Waals surface area contributed by atoms with Crippen LogP contribution in [0.3, 0.4) is 0 Å². The van der Waals surface area contributed by atoms with Gasteiger partial charge in [-0.25, -0.2) is 4.98 Å². The Balaban J connectivity index is 3.39. The van der Waals surface area contributed by atoms with Gasteiger partial charge in [-0.3, -0.25) is 4.79 Å². The van der Waals surface area contributed by atoms with Crippen molar-refractivity contribution in [3.63, 3.8) is 0 Å². The molecule has 114 valence electrons. The summed E-state index contributed by atoms with van der Waals surface area (Å²) in [6.45, 7) is 4.24. The number of hydrogen-bond acceptors (Lipinski definition) is 3. The van der Waals surface area contributed by atoms with Gasteiger partial charge in [-0.2, -0.15) is 13.2 Å². The van der Waals surface area contributed by atoms with E-state index in [9.17, 15) is 18.0 Å². The highest BCUT2D eigenvalue weighted by molar-refractivity contribution is 5.99. The van der Waals surface area contributed by atoms with Gasteiger partial charge in [0, 0.05) is 6.20 Å². The number of carbonyl (C=O) groups is 1. The van der Waals surface area contributed by atoms with Gasteiger partial charge in [-0.1, -0.05) is 5.92 Å². The van der Waals surface area contributed by atoms with Gasteiger partial charge in [-0.15, -0.1) is 6.42 Å². The van der Waals surface area contributed by atoms with E-state index in [1.54, 1.807) is 13.8 Å². The molecule has 0 saturated heterocycles. The summed E-state index contributed by atoms with van der Waals surface area (Å²) in [4.78, 5) is 15.4. The Labute approximate surface area is 120 Å². The predicted molar refractivity (Wildman–Crippen MR) is 73.8 cm³/mol. The number of halogens is 3. The molecule has 0 radical (unpaired) electrons. The first-order chi connectivity index (χ1) is 9.50. The molecule has 1 heterocycles. The van der Waals surface area contributed by atoms with Crippen molar-refractivity contribution >= 4 is 11.7 Å². The van der Waals surface area contributed by atoms with E-state index in [0.717, 1.165) is 6.92 Å². The van der Waals surface area contributed by atoms with Crippen LogP contribution in [0.2, 0.25) is 0 Å². The fraction of sp³-hybridized carbons (Fsp3) is 0.429. The maximum Gasteiger partial charge on any atom is 0.408 e. The zero-order chi connectivity index (χ0) is 16.4. The minimum Gasteiger partial charge on any atom is -0.365 e. The Morgan fingerprint density at radius 2 is 2.05 bits per heavy atom. The van der Waals surface area contributed by atoms with Gasteiger partial charge >= 0.3 is 6.18 Å². The molecular formula is C14H16F3N3O. The van der Waals surface area contributed by atoms with E-state index in [2.05, 4.69) is 16.2 Å². The second-order valence-electron chi connectivity index (χ2n) is 5.12. The summed E-state index contributed by atoms with van der Waals surface area (Å²) in [5, 5.41) is 2.16. The van der Waals surface area contributed by atoms with Crippen molar-refractivity contribution < 1.29 is 18.0 Å². The Hall–Kier alpha value is -2.23. The molecule has 1 aromatic rings. The highest BCUT2D eigenvalue weighted by Gasteiger charge is 2.37. The third-order valence-electron chi connectivity index (χ3n) is 3.08. The fourth-order valence-electron chi connectivity index (χ4n) is 1.71. The van der Waals surface area contributed by atoms with Crippen LogP contribution in [0.25, 0.3) is 0 Å². The molecule has 1 amide bonds. The molecule has 0 fully saturated rings. The normalized spacial score (nSPS) is 13.4. The van der Waals surface area contributed by atoms with Crippen LogP contribution in [0.4, 0.5) is 19.0 Å². The lowest BCUT2D eigenvalue weighted by Gasteiger charge is -2.24. The molecule has 1 unspecified atom stereocenters. The SMILES string of the molecule is C#CC(C)(C)c1ccnc(NC(C)C(F)(F)F)c1C(N)=O. The molecule has 3 N–H and O–H groups in total.